The summed E-state index contributed by atoms with van der Waals surface area (Å²) in [5.74, 6) is 0.965. The molecule has 4 nitrogen and oxygen atoms in total. The zero-order chi connectivity index (χ0) is 19.5. The fraction of sp³-hybridized carbons (Fsp3) is 0.458. The standard InChI is InChI=1S/C24H29NO3/c1-2-3-7-22-15-25(16-23(28-22)18-8-9-18)24(27)20-6-4-5-19(14-20)17-10-12-21(26)13-11-17/h4-6,10-14,18,22-23,26H,2-3,7-9,15-16H2,1H3/t22-,23-/m1/s1. The SMILES string of the molecule is CCCC[C@@H]1CN(C(=O)c2cccc(-c3ccc(O)cc3)c2)C[C@H](C2CC2)O1. The maximum Gasteiger partial charge on any atom is 0.254 e. The van der Waals surface area contributed by atoms with Crippen molar-refractivity contribution in [1.82, 2.24) is 4.90 Å². The Hall–Kier alpha value is -2.33. The van der Waals surface area contributed by atoms with Crippen molar-refractivity contribution < 1.29 is 14.6 Å². The van der Waals surface area contributed by atoms with Crippen molar-refractivity contribution in [1.29, 1.82) is 0 Å². The molecular weight excluding hydrogens is 350 g/mol. The van der Waals surface area contributed by atoms with E-state index in [2.05, 4.69) is 6.92 Å². The molecule has 28 heavy (non-hydrogen) atoms. The summed E-state index contributed by atoms with van der Waals surface area (Å²) in [7, 11) is 0. The summed E-state index contributed by atoms with van der Waals surface area (Å²) in [4.78, 5) is 15.3. The van der Waals surface area contributed by atoms with Gasteiger partial charge in [0.1, 0.15) is 5.75 Å². The van der Waals surface area contributed by atoms with Gasteiger partial charge in [-0.15, -0.1) is 0 Å². The minimum Gasteiger partial charge on any atom is -0.508 e. The summed E-state index contributed by atoms with van der Waals surface area (Å²) < 4.78 is 6.32. The minimum atomic E-state index is 0.0936. The van der Waals surface area contributed by atoms with Crippen LogP contribution in [0.4, 0.5) is 0 Å². The molecular formula is C24H29NO3. The summed E-state index contributed by atoms with van der Waals surface area (Å²) in [6.07, 6.45) is 6.12. The lowest BCUT2D eigenvalue weighted by atomic mass is 10.0. The summed E-state index contributed by atoms with van der Waals surface area (Å²) in [6, 6.07) is 14.9. The largest absolute Gasteiger partial charge is 0.508 e. The molecule has 2 aliphatic rings. The van der Waals surface area contributed by atoms with Crippen molar-refractivity contribution in [3.05, 3.63) is 54.1 Å². The fourth-order valence-electron chi connectivity index (χ4n) is 4.02. The molecule has 2 fully saturated rings. The molecule has 0 aromatic heterocycles. The number of rotatable bonds is 6. The Morgan fingerprint density at radius 2 is 1.89 bits per heavy atom. The van der Waals surface area contributed by atoms with Crippen molar-refractivity contribution in [2.45, 2.75) is 51.2 Å². The number of phenolic OH excluding ortho intramolecular Hbond substituents is 1. The highest BCUT2D eigenvalue weighted by atomic mass is 16.5. The smallest absolute Gasteiger partial charge is 0.254 e. The first-order chi connectivity index (χ1) is 13.6. The van der Waals surface area contributed by atoms with Crippen molar-refractivity contribution in [2.24, 2.45) is 5.92 Å². The number of amides is 1. The highest BCUT2D eigenvalue weighted by Crippen LogP contribution is 2.37. The third kappa shape index (κ3) is 4.39. The van der Waals surface area contributed by atoms with Gasteiger partial charge in [0.05, 0.1) is 12.2 Å². The van der Waals surface area contributed by atoms with Crippen LogP contribution in [0.3, 0.4) is 0 Å². The normalized spacial score (nSPS) is 22.2. The van der Waals surface area contributed by atoms with Gasteiger partial charge < -0.3 is 14.7 Å². The van der Waals surface area contributed by atoms with Gasteiger partial charge in [-0.3, -0.25) is 4.79 Å². The summed E-state index contributed by atoms with van der Waals surface area (Å²) >= 11 is 0. The zero-order valence-electron chi connectivity index (χ0n) is 16.5. The van der Waals surface area contributed by atoms with Crippen LogP contribution in [0.25, 0.3) is 11.1 Å². The van der Waals surface area contributed by atoms with E-state index in [1.807, 2.05) is 41.3 Å². The third-order valence-electron chi connectivity index (χ3n) is 5.82. The van der Waals surface area contributed by atoms with Gasteiger partial charge in [0.25, 0.3) is 5.91 Å². The summed E-state index contributed by atoms with van der Waals surface area (Å²) in [5.41, 5.74) is 2.70. The number of hydrogen-bond donors (Lipinski definition) is 1. The number of carbonyl (C=O) groups is 1. The van der Waals surface area contributed by atoms with Gasteiger partial charge in [-0.25, -0.2) is 0 Å². The molecule has 0 radical (unpaired) electrons. The van der Waals surface area contributed by atoms with Crippen molar-refractivity contribution >= 4 is 5.91 Å². The van der Waals surface area contributed by atoms with Crippen molar-refractivity contribution in [3.63, 3.8) is 0 Å². The molecule has 0 unspecified atom stereocenters. The lowest BCUT2D eigenvalue weighted by molar-refractivity contribution is -0.0874. The first-order valence-electron chi connectivity index (χ1n) is 10.5. The number of ether oxygens (including phenoxy) is 1. The highest BCUT2D eigenvalue weighted by molar-refractivity contribution is 5.95. The van der Waals surface area contributed by atoms with E-state index in [4.69, 9.17) is 4.74 Å². The van der Waals surface area contributed by atoms with Gasteiger partial charge in [-0.1, -0.05) is 44.0 Å². The molecule has 1 saturated heterocycles. The Kier molecular flexibility index (Phi) is 5.67. The van der Waals surface area contributed by atoms with Crippen LogP contribution in [0.2, 0.25) is 0 Å². The van der Waals surface area contributed by atoms with E-state index in [1.54, 1.807) is 12.1 Å². The van der Waals surface area contributed by atoms with E-state index in [9.17, 15) is 9.90 Å². The molecule has 2 atom stereocenters. The van der Waals surface area contributed by atoms with Crippen LogP contribution in [0, 0.1) is 5.92 Å². The Labute approximate surface area is 167 Å². The van der Waals surface area contributed by atoms with Gasteiger partial charge in [-0.2, -0.15) is 0 Å². The minimum absolute atomic E-state index is 0.0936. The Balaban J connectivity index is 1.52. The van der Waals surface area contributed by atoms with Gasteiger partial charge in [0.2, 0.25) is 0 Å². The summed E-state index contributed by atoms with van der Waals surface area (Å²) in [6.45, 7) is 3.58. The third-order valence-corrected chi connectivity index (χ3v) is 5.82. The Morgan fingerprint density at radius 3 is 2.61 bits per heavy atom. The van der Waals surface area contributed by atoms with Crippen LogP contribution in [-0.2, 0) is 4.74 Å². The van der Waals surface area contributed by atoms with E-state index in [1.165, 1.54) is 12.8 Å². The van der Waals surface area contributed by atoms with Crippen molar-refractivity contribution in [2.75, 3.05) is 13.1 Å². The van der Waals surface area contributed by atoms with E-state index in [0.29, 0.717) is 19.0 Å². The van der Waals surface area contributed by atoms with E-state index >= 15 is 0 Å². The van der Waals surface area contributed by atoms with Crippen molar-refractivity contribution in [3.8, 4) is 16.9 Å². The van der Waals surface area contributed by atoms with Gasteiger partial charge in [0.15, 0.2) is 0 Å². The van der Waals surface area contributed by atoms with Gasteiger partial charge in [0, 0.05) is 18.7 Å². The second-order valence-corrected chi connectivity index (χ2v) is 8.11. The number of hydrogen-bond acceptors (Lipinski definition) is 3. The second kappa shape index (κ2) is 8.36. The van der Waals surface area contributed by atoms with E-state index in [-0.39, 0.29) is 23.9 Å². The molecule has 0 bridgehead atoms. The molecule has 1 amide bonds. The molecule has 4 rings (SSSR count). The van der Waals surface area contributed by atoms with Crippen LogP contribution in [0.1, 0.15) is 49.4 Å². The van der Waals surface area contributed by atoms with Crippen LogP contribution in [0.15, 0.2) is 48.5 Å². The molecule has 1 heterocycles. The van der Waals surface area contributed by atoms with E-state index in [0.717, 1.165) is 36.0 Å². The molecule has 0 spiro atoms. The molecule has 1 N–H and O–H groups in total. The predicted octanol–water partition coefficient (Wildman–Crippen LogP) is 4.87. The number of nitrogens with zero attached hydrogens (tertiary/aromatic N) is 1. The number of aromatic hydroxyl groups is 1. The molecule has 4 heteroatoms. The topological polar surface area (TPSA) is 49.8 Å². The number of unbranched alkanes of at least 4 members (excludes halogenated alkanes) is 1. The monoisotopic (exact) mass is 379 g/mol. The Bertz CT molecular complexity index is 813. The number of morpholine rings is 1. The lowest BCUT2D eigenvalue weighted by Gasteiger charge is -2.38. The zero-order valence-corrected chi connectivity index (χ0v) is 16.5. The van der Waals surface area contributed by atoms with Crippen LogP contribution >= 0.6 is 0 Å². The molecule has 1 aliphatic heterocycles. The first-order valence-corrected chi connectivity index (χ1v) is 10.5. The predicted molar refractivity (Wildman–Crippen MR) is 110 cm³/mol. The maximum absolute atomic E-state index is 13.3. The van der Waals surface area contributed by atoms with Crippen LogP contribution in [0.5, 0.6) is 5.75 Å². The molecule has 148 valence electrons. The fourth-order valence-corrected chi connectivity index (χ4v) is 4.02. The van der Waals surface area contributed by atoms with E-state index < -0.39 is 0 Å². The van der Waals surface area contributed by atoms with Crippen LogP contribution in [-0.4, -0.2) is 41.2 Å². The number of phenols is 1. The van der Waals surface area contributed by atoms with Crippen LogP contribution < -0.4 is 0 Å². The maximum atomic E-state index is 13.3. The molecule has 2 aromatic rings. The number of carbonyl (C=O) groups excluding carboxylic acids is 1. The lowest BCUT2D eigenvalue weighted by Crippen LogP contribution is -2.50. The molecule has 1 aliphatic carbocycles. The van der Waals surface area contributed by atoms with Gasteiger partial charge in [-0.05, 0) is 60.6 Å². The molecule has 2 aromatic carbocycles. The van der Waals surface area contributed by atoms with Gasteiger partial charge >= 0.3 is 0 Å². The second-order valence-electron chi connectivity index (χ2n) is 8.11. The quantitative estimate of drug-likeness (QED) is 0.779. The summed E-state index contributed by atoms with van der Waals surface area (Å²) in [5, 5.41) is 9.51. The average molecular weight is 380 g/mol. The highest BCUT2D eigenvalue weighted by Gasteiger charge is 2.39. The number of benzene rings is 2. The average Bonchev–Trinajstić information content (AvgIpc) is 3.57. The molecule has 1 saturated carbocycles. The first kappa shape index (κ1) is 19.0. The Morgan fingerprint density at radius 1 is 1.11 bits per heavy atom.